The molecule has 0 aliphatic rings. The molecule has 1 amide bonds. The molecular weight excluding hydrogens is 312 g/mol. The maximum atomic E-state index is 12.2. The first-order chi connectivity index (χ1) is 8.86. The van der Waals surface area contributed by atoms with E-state index in [1.807, 2.05) is 0 Å². The minimum atomic E-state index is -0.382. The van der Waals surface area contributed by atoms with Gasteiger partial charge in [-0.1, -0.05) is 22.9 Å². The number of nitrogens with zero attached hydrogens (tertiary/aromatic N) is 1. The van der Waals surface area contributed by atoms with Crippen LogP contribution in [0.2, 0.25) is 0 Å². The summed E-state index contributed by atoms with van der Waals surface area (Å²) >= 11 is 3.30. The first-order valence-electron chi connectivity index (χ1n) is 5.75. The number of esters is 1. The predicted molar refractivity (Wildman–Crippen MR) is 76.7 cm³/mol. The molecule has 6 heteroatoms. The average Bonchev–Trinajstić information content (AvgIpc) is 2.39. The van der Waals surface area contributed by atoms with Crippen molar-refractivity contribution < 1.29 is 14.3 Å². The van der Waals surface area contributed by atoms with Gasteiger partial charge < -0.3 is 15.4 Å². The van der Waals surface area contributed by atoms with E-state index >= 15 is 0 Å². The van der Waals surface area contributed by atoms with Crippen molar-refractivity contribution in [1.29, 1.82) is 0 Å². The fraction of sp³-hybridized carbons (Fsp3) is 0.385. The summed E-state index contributed by atoms with van der Waals surface area (Å²) in [7, 11) is 2.95. The number of methoxy groups -OCH3 is 1. The number of halogens is 1. The van der Waals surface area contributed by atoms with Gasteiger partial charge in [0.2, 0.25) is 0 Å². The van der Waals surface area contributed by atoms with E-state index in [4.69, 9.17) is 5.73 Å². The third-order valence-corrected chi connectivity index (χ3v) is 3.24. The summed E-state index contributed by atoms with van der Waals surface area (Å²) in [6.07, 6.45) is 0. The zero-order valence-electron chi connectivity index (χ0n) is 11.1. The lowest BCUT2D eigenvalue weighted by atomic mass is 10.1. The molecular formula is C13H17BrN2O3. The second-order valence-corrected chi connectivity index (χ2v) is 5.26. The van der Waals surface area contributed by atoms with E-state index in [0.717, 1.165) is 4.47 Å². The van der Waals surface area contributed by atoms with Crippen molar-refractivity contribution in [3.8, 4) is 0 Å². The molecule has 0 aliphatic heterocycles. The van der Waals surface area contributed by atoms with Crippen LogP contribution in [0.4, 0.5) is 5.69 Å². The van der Waals surface area contributed by atoms with E-state index in [-0.39, 0.29) is 24.3 Å². The van der Waals surface area contributed by atoms with Crippen LogP contribution in [-0.2, 0) is 9.53 Å². The second kappa shape index (κ2) is 6.56. The van der Waals surface area contributed by atoms with Crippen molar-refractivity contribution in [1.82, 2.24) is 4.90 Å². The topological polar surface area (TPSA) is 72.6 Å². The highest BCUT2D eigenvalue weighted by atomic mass is 79.9. The highest BCUT2D eigenvalue weighted by Crippen LogP contribution is 2.20. The zero-order valence-corrected chi connectivity index (χ0v) is 12.7. The molecule has 0 bridgehead atoms. The zero-order chi connectivity index (χ0) is 14.6. The normalized spacial score (nSPS) is 11.8. The van der Waals surface area contributed by atoms with Gasteiger partial charge in [0.15, 0.2) is 0 Å². The number of nitrogens with two attached hydrogens (primary N) is 1. The Morgan fingerprint density at radius 2 is 2.11 bits per heavy atom. The highest BCUT2D eigenvalue weighted by molar-refractivity contribution is 9.10. The molecule has 1 aromatic rings. The van der Waals surface area contributed by atoms with Crippen molar-refractivity contribution in [2.24, 2.45) is 5.92 Å². The molecule has 1 rings (SSSR count). The van der Waals surface area contributed by atoms with Gasteiger partial charge in [0.1, 0.15) is 0 Å². The summed E-state index contributed by atoms with van der Waals surface area (Å²) in [5, 5.41) is 0. The van der Waals surface area contributed by atoms with Gasteiger partial charge in [0.05, 0.1) is 18.6 Å². The largest absolute Gasteiger partial charge is 0.469 e. The number of ether oxygens (including phenoxy) is 1. The van der Waals surface area contributed by atoms with Crippen LogP contribution in [-0.4, -0.2) is 37.5 Å². The molecule has 0 spiro atoms. The van der Waals surface area contributed by atoms with Gasteiger partial charge in [-0.05, 0) is 18.2 Å². The molecule has 0 aromatic heterocycles. The number of carbonyl (C=O) groups excluding carboxylic acids is 2. The van der Waals surface area contributed by atoms with Gasteiger partial charge in [-0.25, -0.2) is 0 Å². The summed E-state index contributed by atoms with van der Waals surface area (Å²) in [5.41, 5.74) is 6.60. The average molecular weight is 329 g/mol. The number of hydrogen-bond donors (Lipinski definition) is 1. The summed E-state index contributed by atoms with van der Waals surface area (Å²) in [6, 6.07) is 5.09. The van der Waals surface area contributed by atoms with Crippen LogP contribution in [0.1, 0.15) is 17.3 Å². The van der Waals surface area contributed by atoms with Crippen LogP contribution in [0.25, 0.3) is 0 Å². The maximum Gasteiger partial charge on any atom is 0.310 e. The molecule has 0 radical (unpaired) electrons. The van der Waals surface area contributed by atoms with Crippen LogP contribution in [0.5, 0.6) is 0 Å². The number of carbonyl (C=O) groups is 2. The molecule has 2 N–H and O–H groups in total. The minimum absolute atomic E-state index is 0.227. The van der Waals surface area contributed by atoms with Crippen molar-refractivity contribution in [2.75, 3.05) is 26.4 Å². The highest BCUT2D eigenvalue weighted by Gasteiger charge is 2.21. The first-order valence-corrected chi connectivity index (χ1v) is 6.54. The van der Waals surface area contributed by atoms with Gasteiger partial charge in [-0.3, -0.25) is 9.59 Å². The van der Waals surface area contributed by atoms with Gasteiger partial charge in [0.25, 0.3) is 5.91 Å². The second-order valence-electron chi connectivity index (χ2n) is 4.34. The molecule has 0 heterocycles. The number of nitrogen functional groups attached to an aromatic ring is 1. The Morgan fingerprint density at radius 1 is 1.47 bits per heavy atom. The Morgan fingerprint density at radius 3 is 2.68 bits per heavy atom. The molecule has 0 aliphatic carbocycles. The molecule has 0 fully saturated rings. The van der Waals surface area contributed by atoms with Gasteiger partial charge in [-0.2, -0.15) is 0 Å². The number of anilines is 1. The first kappa shape index (κ1) is 15.5. The SMILES string of the molecule is COC(=O)C(C)CN(C)C(=O)c1cc(Br)ccc1N. The van der Waals surface area contributed by atoms with Crippen LogP contribution in [0, 0.1) is 5.92 Å². The molecule has 1 aromatic carbocycles. The Balaban J connectivity index is 2.82. The quantitative estimate of drug-likeness (QED) is 0.677. The molecule has 19 heavy (non-hydrogen) atoms. The van der Waals surface area contributed by atoms with E-state index in [1.165, 1.54) is 12.0 Å². The predicted octanol–water partition coefficient (Wildman–Crippen LogP) is 1.91. The lowest BCUT2D eigenvalue weighted by Gasteiger charge is -2.21. The Labute approximate surface area is 120 Å². The molecule has 1 atom stereocenters. The van der Waals surface area contributed by atoms with Gasteiger partial charge in [0, 0.05) is 23.8 Å². The fourth-order valence-electron chi connectivity index (χ4n) is 1.69. The molecule has 5 nitrogen and oxygen atoms in total. The van der Waals surface area contributed by atoms with Crippen molar-refractivity contribution in [2.45, 2.75) is 6.92 Å². The van der Waals surface area contributed by atoms with E-state index < -0.39 is 0 Å². The maximum absolute atomic E-state index is 12.2. The Kier molecular flexibility index (Phi) is 5.35. The Bertz CT molecular complexity index is 491. The van der Waals surface area contributed by atoms with Crippen LogP contribution in [0.15, 0.2) is 22.7 Å². The fourth-order valence-corrected chi connectivity index (χ4v) is 2.05. The van der Waals surface area contributed by atoms with Crippen LogP contribution in [0.3, 0.4) is 0 Å². The van der Waals surface area contributed by atoms with E-state index in [0.29, 0.717) is 11.3 Å². The number of rotatable bonds is 4. The van der Waals surface area contributed by atoms with E-state index in [2.05, 4.69) is 20.7 Å². The smallest absolute Gasteiger partial charge is 0.310 e. The molecule has 104 valence electrons. The van der Waals surface area contributed by atoms with E-state index in [1.54, 1.807) is 32.2 Å². The minimum Gasteiger partial charge on any atom is -0.469 e. The third-order valence-electron chi connectivity index (χ3n) is 2.74. The lowest BCUT2D eigenvalue weighted by molar-refractivity contribution is -0.145. The number of hydrogen-bond acceptors (Lipinski definition) is 4. The Hall–Kier alpha value is -1.56. The summed E-state index contributed by atoms with van der Waals surface area (Å²) in [5.74, 6) is -0.955. The summed E-state index contributed by atoms with van der Waals surface area (Å²) in [4.78, 5) is 25.0. The lowest BCUT2D eigenvalue weighted by Crippen LogP contribution is -2.34. The van der Waals surface area contributed by atoms with Crippen molar-refractivity contribution in [3.05, 3.63) is 28.2 Å². The standard InChI is InChI=1S/C13H17BrN2O3/c1-8(13(18)19-3)7-16(2)12(17)10-6-9(14)4-5-11(10)15/h4-6,8H,7,15H2,1-3H3. The van der Waals surface area contributed by atoms with Crippen molar-refractivity contribution >= 4 is 33.5 Å². The van der Waals surface area contributed by atoms with E-state index in [9.17, 15) is 9.59 Å². The summed E-state index contributed by atoms with van der Waals surface area (Å²) < 4.78 is 5.41. The van der Waals surface area contributed by atoms with Gasteiger partial charge in [-0.15, -0.1) is 0 Å². The number of benzene rings is 1. The van der Waals surface area contributed by atoms with Crippen molar-refractivity contribution in [3.63, 3.8) is 0 Å². The number of amides is 1. The van der Waals surface area contributed by atoms with Crippen LogP contribution >= 0.6 is 15.9 Å². The third kappa shape index (κ3) is 3.96. The molecule has 0 saturated carbocycles. The molecule has 1 unspecified atom stereocenters. The van der Waals surface area contributed by atoms with Gasteiger partial charge >= 0.3 is 5.97 Å². The summed E-state index contributed by atoms with van der Waals surface area (Å²) in [6.45, 7) is 1.98. The monoisotopic (exact) mass is 328 g/mol. The van der Waals surface area contributed by atoms with Crippen LogP contribution < -0.4 is 5.73 Å². The molecule has 0 saturated heterocycles.